The Kier molecular flexibility index (Phi) is 5.12. The maximum Gasteiger partial charge on any atom is 0.337 e. The van der Waals surface area contributed by atoms with Crippen LogP contribution in [0.1, 0.15) is 27.7 Å². The molecule has 0 aliphatic heterocycles. The highest BCUT2D eigenvalue weighted by molar-refractivity contribution is 5.92. The fraction of sp³-hybridized carbons (Fsp3) is 0.545. The topological polar surface area (TPSA) is 26.3 Å². The molecule has 0 unspecified atom stereocenters. The minimum atomic E-state index is -0.267. The fourth-order valence-corrected chi connectivity index (χ4v) is 0.837. The van der Waals surface area contributed by atoms with E-state index >= 15 is 0 Å². The van der Waals surface area contributed by atoms with Gasteiger partial charge in [-0.05, 0) is 19.8 Å². The summed E-state index contributed by atoms with van der Waals surface area (Å²) in [5.74, 6) is 0.177. The molecule has 0 amide bonds. The first-order valence-electron chi connectivity index (χ1n) is 4.43. The van der Waals surface area contributed by atoms with Crippen molar-refractivity contribution >= 4 is 5.97 Å². The van der Waals surface area contributed by atoms with Gasteiger partial charge in [-0.1, -0.05) is 31.6 Å². The van der Waals surface area contributed by atoms with Crippen molar-refractivity contribution in [2.24, 2.45) is 5.92 Å². The van der Waals surface area contributed by atoms with Gasteiger partial charge in [0.15, 0.2) is 0 Å². The van der Waals surface area contributed by atoms with Crippen molar-refractivity contribution in [3.63, 3.8) is 0 Å². The minimum absolute atomic E-state index is 0.267. The zero-order valence-electron chi connectivity index (χ0n) is 9.05. The first-order chi connectivity index (χ1) is 5.99. The van der Waals surface area contributed by atoms with E-state index in [-0.39, 0.29) is 5.97 Å². The molecule has 0 fully saturated rings. The van der Waals surface area contributed by atoms with Gasteiger partial charge in [0.2, 0.25) is 0 Å². The van der Waals surface area contributed by atoms with Crippen LogP contribution in [0.15, 0.2) is 23.3 Å². The second-order valence-corrected chi connectivity index (χ2v) is 3.51. The number of rotatable bonds is 3. The van der Waals surface area contributed by atoms with Crippen LogP contribution < -0.4 is 0 Å². The lowest BCUT2D eigenvalue weighted by atomic mass is 10.1. The molecular formula is C11H18O2. The summed E-state index contributed by atoms with van der Waals surface area (Å²) in [7, 11) is 1.40. The predicted octanol–water partition coefficient (Wildman–Crippen LogP) is 2.71. The molecule has 0 aromatic carbocycles. The molecular weight excluding hydrogens is 164 g/mol. The molecule has 0 saturated heterocycles. The first kappa shape index (κ1) is 11.9. The van der Waals surface area contributed by atoms with Crippen LogP contribution in [-0.4, -0.2) is 13.1 Å². The van der Waals surface area contributed by atoms with Crippen LogP contribution in [0.3, 0.4) is 0 Å². The monoisotopic (exact) mass is 182 g/mol. The number of ether oxygens (including phenoxy) is 1. The standard InChI is InChI=1S/C11H18O2/c1-8(2)6-7-10(9(3)4)11(12)13-5/h6-8H,1-5H3. The third-order valence-electron chi connectivity index (χ3n) is 1.59. The Bertz CT molecular complexity index is 230. The van der Waals surface area contributed by atoms with Gasteiger partial charge in [0.1, 0.15) is 0 Å². The van der Waals surface area contributed by atoms with Crippen LogP contribution in [0.2, 0.25) is 0 Å². The van der Waals surface area contributed by atoms with Gasteiger partial charge in [-0.25, -0.2) is 4.79 Å². The Morgan fingerprint density at radius 3 is 2.15 bits per heavy atom. The summed E-state index contributed by atoms with van der Waals surface area (Å²) in [6, 6.07) is 0. The summed E-state index contributed by atoms with van der Waals surface area (Å²) in [4.78, 5) is 11.2. The van der Waals surface area contributed by atoms with Crippen LogP contribution in [0.5, 0.6) is 0 Å². The number of carbonyl (C=O) groups is 1. The van der Waals surface area contributed by atoms with E-state index in [1.807, 2.05) is 26.0 Å². The van der Waals surface area contributed by atoms with Gasteiger partial charge in [-0.15, -0.1) is 0 Å². The van der Waals surface area contributed by atoms with Gasteiger partial charge in [-0.2, -0.15) is 0 Å². The van der Waals surface area contributed by atoms with E-state index in [2.05, 4.69) is 18.6 Å². The average molecular weight is 182 g/mol. The third-order valence-corrected chi connectivity index (χ3v) is 1.59. The number of carbonyl (C=O) groups excluding carboxylic acids is 1. The summed E-state index contributed by atoms with van der Waals surface area (Å²) < 4.78 is 4.66. The number of esters is 1. The maximum absolute atomic E-state index is 11.2. The highest BCUT2D eigenvalue weighted by atomic mass is 16.5. The lowest BCUT2D eigenvalue weighted by molar-refractivity contribution is -0.135. The molecule has 0 bridgehead atoms. The van der Waals surface area contributed by atoms with Gasteiger partial charge in [0, 0.05) is 0 Å². The summed E-state index contributed by atoms with van der Waals surface area (Å²) in [6.07, 6.45) is 3.81. The SMILES string of the molecule is COC(=O)C(C=CC(C)C)=C(C)C. The van der Waals surface area contributed by atoms with Crippen LogP contribution >= 0.6 is 0 Å². The van der Waals surface area contributed by atoms with E-state index in [0.29, 0.717) is 11.5 Å². The molecule has 2 heteroatoms. The highest BCUT2D eigenvalue weighted by Gasteiger charge is 2.07. The van der Waals surface area contributed by atoms with Crippen molar-refractivity contribution in [3.05, 3.63) is 23.3 Å². The normalized spacial score (nSPS) is 10.6. The maximum atomic E-state index is 11.2. The Balaban J connectivity index is 4.67. The van der Waals surface area contributed by atoms with Crippen LogP contribution in [0, 0.1) is 5.92 Å². The lowest BCUT2D eigenvalue weighted by Gasteiger charge is -2.02. The average Bonchev–Trinajstić information content (AvgIpc) is 2.03. The third kappa shape index (κ3) is 4.51. The molecule has 0 atom stereocenters. The Hall–Kier alpha value is -1.05. The number of methoxy groups -OCH3 is 1. The molecule has 0 aliphatic rings. The van der Waals surface area contributed by atoms with Crippen molar-refractivity contribution < 1.29 is 9.53 Å². The highest BCUT2D eigenvalue weighted by Crippen LogP contribution is 2.08. The van der Waals surface area contributed by atoms with Crippen LogP contribution in [0.4, 0.5) is 0 Å². The molecule has 0 aliphatic carbocycles. The van der Waals surface area contributed by atoms with Crippen molar-refractivity contribution in [1.29, 1.82) is 0 Å². The molecule has 0 saturated carbocycles. The second-order valence-electron chi connectivity index (χ2n) is 3.51. The van der Waals surface area contributed by atoms with Crippen molar-refractivity contribution in [1.82, 2.24) is 0 Å². The van der Waals surface area contributed by atoms with Gasteiger partial charge >= 0.3 is 5.97 Å². The molecule has 0 spiro atoms. The quantitative estimate of drug-likeness (QED) is 0.381. The van der Waals surface area contributed by atoms with E-state index in [0.717, 1.165) is 5.57 Å². The van der Waals surface area contributed by atoms with Gasteiger partial charge in [0.05, 0.1) is 12.7 Å². The largest absolute Gasteiger partial charge is 0.465 e. The molecule has 13 heavy (non-hydrogen) atoms. The summed E-state index contributed by atoms with van der Waals surface area (Å²) in [5.41, 5.74) is 1.62. The summed E-state index contributed by atoms with van der Waals surface area (Å²) in [6.45, 7) is 7.93. The fourth-order valence-electron chi connectivity index (χ4n) is 0.837. The molecule has 74 valence electrons. The zero-order chi connectivity index (χ0) is 10.4. The van der Waals surface area contributed by atoms with Gasteiger partial charge in [-0.3, -0.25) is 0 Å². The van der Waals surface area contributed by atoms with Gasteiger partial charge in [0.25, 0.3) is 0 Å². The Labute approximate surface area is 80.3 Å². The first-order valence-corrected chi connectivity index (χ1v) is 4.43. The lowest BCUT2D eigenvalue weighted by Crippen LogP contribution is -2.04. The molecule has 0 radical (unpaired) electrons. The van der Waals surface area contributed by atoms with E-state index in [1.165, 1.54) is 7.11 Å². The zero-order valence-corrected chi connectivity index (χ0v) is 9.05. The number of hydrogen-bond donors (Lipinski definition) is 0. The summed E-state index contributed by atoms with van der Waals surface area (Å²) >= 11 is 0. The van der Waals surface area contributed by atoms with Crippen LogP contribution in [-0.2, 0) is 9.53 Å². The van der Waals surface area contributed by atoms with E-state index in [1.54, 1.807) is 0 Å². The molecule has 0 aromatic rings. The molecule has 0 aromatic heterocycles. The predicted molar refractivity (Wildman–Crippen MR) is 54.4 cm³/mol. The van der Waals surface area contributed by atoms with Crippen molar-refractivity contribution in [2.45, 2.75) is 27.7 Å². The second kappa shape index (κ2) is 5.57. The minimum Gasteiger partial charge on any atom is -0.465 e. The Morgan fingerprint density at radius 2 is 1.85 bits per heavy atom. The van der Waals surface area contributed by atoms with E-state index in [4.69, 9.17) is 0 Å². The Morgan fingerprint density at radius 1 is 1.31 bits per heavy atom. The molecule has 0 rings (SSSR count). The van der Waals surface area contributed by atoms with Crippen molar-refractivity contribution in [3.8, 4) is 0 Å². The van der Waals surface area contributed by atoms with E-state index < -0.39 is 0 Å². The number of allylic oxidation sites excluding steroid dienone is 2. The molecule has 0 heterocycles. The smallest absolute Gasteiger partial charge is 0.337 e. The molecule has 0 N–H and O–H groups in total. The van der Waals surface area contributed by atoms with E-state index in [9.17, 15) is 4.79 Å². The molecule has 2 nitrogen and oxygen atoms in total. The van der Waals surface area contributed by atoms with Gasteiger partial charge < -0.3 is 4.74 Å². The summed E-state index contributed by atoms with van der Waals surface area (Å²) in [5, 5.41) is 0. The van der Waals surface area contributed by atoms with Crippen molar-refractivity contribution in [2.75, 3.05) is 7.11 Å². The van der Waals surface area contributed by atoms with Crippen LogP contribution in [0.25, 0.3) is 0 Å². The number of hydrogen-bond acceptors (Lipinski definition) is 2.